The maximum absolute atomic E-state index is 13.3. The van der Waals surface area contributed by atoms with Crippen LogP contribution in [0.15, 0.2) is 59.4 Å². The molecule has 1 atom stereocenters. The Bertz CT molecular complexity index is 1310. The van der Waals surface area contributed by atoms with E-state index in [0.717, 1.165) is 22.2 Å². The summed E-state index contributed by atoms with van der Waals surface area (Å²) in [5, 5.41) is 23.5. The van der Waals surface area contributed by atoms with Gasteiger partial charge in [-0.2, -0.15) is 0 Å². The molecule has 0 aliphatic carbocycles. The van der Waals surface area contributed by atoms with Crippen LogP contribution >= 0.6 is 0 Å². The lowest BCUT2D eigenvalue weighted by Crippen LogP contribution is -2.41. The summed E-state index contributed by atoms with van der Waals surface area (Å²) < 4.78 is 7.42. The Morgan fingerprint density at radius 2 is 1.94 bits per heavy atom. The molecule has 0 amide bonds. The number of ether oxygens (including phenoxy) is 1. The van der Waals surface area contributed by atoms with Crippen LogP contribution in [0.3, 0.4) is 0 Å². The minimum Gasteiger partial charge on any atom is -0.494 e. The van der Waals surface area contributed by atoms with E-state index in [2.05, 4.69) is 25.4 Å². The maximum Gasteiger partial charge on any atom is 0.253 e. The number of aromatic amines is 1. The zero-order valence-corrected chi connectivity index (χ0v) is 19.1. The number of piperidine rings is 1. The Morgan fingerprint density at radius 3 is 2.71 bits per heavy atom. The minimum atomic E-state index is -0.449. The SMILES string of the molecule is CCOc1ccc2[nH]c(=O)c([C@H](c3nnnn3Cc3ccccc3)N3CCC(O)CC3)cc2c1. The number of benzene rings is 2. The summed E-state index contributed by atoms with van der Waals surface area (Å²) in [6.07, 6.45) is 0.939. The van der Waals surface area contributed by atoms with Gasteiger partial charge < -0.3 is 14.8 Å². The predicted molar refractivity (Wildman–Crippen MR) is 128 cm³/mol. The first-order valence-electron chi connectivity index (χ1n) is 11.6. The van der Waals surface area contributed by atoms with E-state index >= 15 is 0 Å². The molecule has 1 aliphatic heterocycles. The number of aliphatic hydroxyl groups is 1. The lowest BCUT2D eigenvalue weighted by atomic mass is 9.99. The molecule has 0 radical (unpaired) electrons. The van der Waals surface area contributed by atoms with E-state index in [1.165, 1.54) is 0 Å². The molecular weight excluding hydrogens is 432 g/mol. The van der Waals surface area contributed by atoms with Gasteiger partial charge in [-0.15, -0.1) is 5.10 Å². The van der Waals surface area contributed by atoms with Crippen molar-refractivity contribution >= 4 is 10.9 Å². The van der Waals surface area contributed by atoms with Gasteiger partial charge in [0.1, 0.15) is 11.8 Å². The largest absolute Gasteiger partial charge is 0.494 e. The van der Waals surface area contributed by atoms with Gasteiger partial charge in [-0.3, -0.25) is 9.69 Å². The molecule has 3 heterocycles. The zero-order chi connectivity index (χ0) is 23.5. The molecule has 2 aromatic heterocycles. The molecule has 176 valence electrons. The number of tetrazole rings is 1. The smallest absolute Gasteiger partial charge is 0.253 e. The molecule has 1 fully saturated rings. The van der Waals surface area contributed by atoms with E-state index in [-0.39, 0.29) is 11.7 Å². The Kier molecular flexibility index (Phi) is 6.37. The van der Waals surface area contributed by atoms with E-state index in [9.17, 15) is 9.90 Å². The van der Waals surface area contributed by atoms with Crippen molar-refractivity contribution < 1.29 is 9.84 Å². The minimum absolute atomic E-state index is 0.179. The van der Waals surface area contributed by atoms with E-state index in [4.69, 9.17) is 4.74 Å². The van der Waals surface area contributed by atoms with Crippen molar-refractivity contribution in [3.63, 3.8) is 0 Å². The second-order valence-corrected chi connectivity index (χ2v) is 8.59. The fraction of sp³-hybridized carbons (Fsp3) is 0.360. The topological polar surface area (TPSA) is 109 Å². The van der Waals surface area contributed by atoms with Crippen LogP contribution in [0.4, 0.5) is 0 Å². The summed E-state index contributed by atoms with van der Waals surface area (Å²) in [4.78, 5) is 18.5. The number of likely N-dealkylation sites (tertiary alicyclic amines) is 1. The monoisotopic (exact) mass is 460 g/mol. The highest BCUT2D eigenvalue weighted by molar-refractivity contribution is 5.80. The number of rotatable bonds is 7. The Morgan fingerprint density at radius 1 is 1.15 bits per heavy atom. The molecule has 0 bridgehead atoms. The number of pyridine rings is 1. The molecule has 0 spiro atoms. The lowest BCUT2D eigenvalue weighted by molar-refractivity contribution is 0.0659. The third-order valence-corrected chi connectivity index (χ3v) is 6.29. The average molecular weight is 461 g/mol. The molecule has 34 heavy (non-hydrogen) atoms. The van der Waals surface area contributed by atoms with Crippen LogP contribution in [0, 0.1) is 0 Å². The molecule has 2 N–H and O–H groups in total. The molecule has 1 saturated heterocycles. The van der Waals surface area contributed by atoms with Crippen LogP contribution in [0.1, 0.15) is 42.8 Å². The van der Waals surface area contributed by atoms with Gasteiger partial charge in [-0.25, -0.2) is 4.68 Å². The number of fused-ring (bicyclic) bond motifs is 1. The number of aliphatic hydroxyl groups excluding tert-OH is 1. The maximum atomic E-state index is 13.3. The van der Waals surface area contributed by atoms with Crippen LogP contribution in [0.25, 0.3) is 10.9 Å². The summed E-state index contributed by atoms with van der Waals surface area (Å²) >= 11 is 0. The molecule has 1 aliphatic rings. The average Bonchev–Trinajstić information content (AvgIpc) is 3.29. The highest BCUT2D eigenvalue weighted by Crippen LogP contribution is 2.30. The zero-order valence-electron chi connectivity index (χ0n) is 19.1. The molecule has 0 saturated carbocycles. The number of H-pyrrole nitrogens is 1. The first-order valence-corrected chi connectivity index (χ1v) is 11.6. The first kappa shape index (κ1) is 22.2. The number of aromatic nitrogens is 5. The van der Waals surface area contributed by atoms with Crippen LogP contribution in [0.5, 0.6) is 5.75 Å². The van der Waals surface area contributed by atoms with Crippen LogP contribution in [-0.2, 0) is 6.54 Å². The second-order valence-electron chi connectivity index (χ2n) is 8.59. The molecule has 9 heteroatoms. The highest BCUT2D eigenvalue weighted by atomic mass is 16.5. The van der Waals surface area contributed by atoms with Crippen molar-refractivity contribution in [2.45, 2.75) is 38.5 Å². The quantitative estimate of drug-likeness (QED) is 0.436. The van der Waals surface area contributed by atoms with Crippen molar-refractivity contribution in [3.05, 3.63) is 81.9 Å². The molecule has 4 aromatic rings. The molecular formula is C25H28N6O3. The van der Waals surface area contributed by atoms with Crippen molar-refractivity contribution in [1.82, 2.24) is 30.1 Å². The third-order valence-electron chi connectivity index (χ3n) is 6.29. The van der Waals surface area contributed by atoms with Crippen molar-refractivity contribution in [2.24, 2.45) is 0 Å². The van der Waals surface area contributed by atoms with E-state index in [1.807, 2.05) is 61.5 Å². The van der Waals surface area contributed by atoms with Gasteiger partial charge in [0.15, 0.2) is 5.82 Å². The summed E-state index contributed by atoms with van der Waals surface area (Å²) in [5.74, 6) is 1.35. The van der Waals surface area contributed by atoms with Gasteiger partial charge >= 0.3 is 0 Å². The van der Waals surface area contributed by atoms with E-state index in [0.29, 0.717) is 50.5 Å². The summed E-state index contributed by atoms with van der Waals surface area (Å²) in [5.41, 5.74) is 2.20. The van der Waals surface area contributed by atoms with Crippen LogP contribution in [-0.4, -0.2) is 61.0 Å². The Labute approximate surface area is 197 Å². The van der Waals surface area contributed by atoms with Crippen molar-refractivity contribution in [1.29, 1.82) is 0 Å². The van der Waals surface area contributed by atoms with Gasteiger partial charge in [-0.1, -0.05) is 30.3 Å². The third kappa shape index (κ3) is 4.57. The first-order chi connectivity index (χ1) is 16.6. The van der Waals surface area contributed by atoms with E-state index in [1.54, 1.807) is 4.68 Å². The van der Waals surface area contributed by atoms with Gasteiger partial charge in [0.2, 0.25) is 0 Å². The number of nitrogens with zero attached hydrogens (tertiary/aromatic N) is 5. The normalized spacial score (nSPS) is 16.1. The van der Waals surface area contributed by atoms with Crippen molar-refractivity contribution in [2.75, 3.05) is 19.7 Å². The van der Waals surface area contributed by atoms with Gasteiger partial charge in [0.05, 0.1) is 19.3 Å². The number of hydrogen-bond acceptors (Lipinski definition) is 7. The molecule has 2 aromatic carbocycles. The van der Waals surface area contributed by atoms with Gasteiger partial charge in [-0.05, 0) is 60.0 Å². The van der Waals surface area contributed by atoms with Crippen molar-refractivity contribution in [3.8, 4) is 5.75 Å². The Hall–Kier alpha value is -3.56. The standard InChI is InChI=1S/C25H28N6O3/c1-2-34-20-8-9-22-18(14-20)15-21(25(33)26-22)23(30-12-10-19(32)11-13-30)24-27-28-29-31(24)16-17-6-4-3-5-7-17/h3-9,14-15,19,23,32H,2,10-13,16H2,1H3,(H,26,33)/t23-/m1/s1. The van der Waals surface area contributed by atoms with Gasteiger partial charge in [0.25, 0.3) is 5.56 Å². The number of nitrogens with one attached hydrogen (secondary N) is 1. The molecule has 5 rings (SSSR count). The van der Waals surface area contributed by atoms with Gasteiger partial charge in [0, 0.05) is 29.6 Å². The fourth-order valence-corrected chi connectivity index (χ4v) is 4.58. The van der Waals surface area contributed by atoms with Crippen LogP contribution in [0.2, 0.25) is 0 Å². The summed E-state index contributed by atoms with van der Waals surface area (Å²) in [6.45, 7) is 4.28. The lowest BCUT2D eigenvalue weighted by Gasteiger charge is -2.35. The Balaban J connectivity index is 1.60. The summed E-state index contributed by atoms with van der Waals surface area (Å²) in [6, 6.07) is 17.1. The molecule has 0 unspecified atom stereocenters. The molecule has 9 nitrogen and oxygen atoms in total. The second kappa shape index (κ2) is 9.74. The number of hydrogen-bond donors (Lipinski definition) is 2. The highest BCUT2D eigenvalue weighted by Gasteiger charge is 2.32. The predicted octanol–water partition coefficient (Wildman–Crippen LogP) is 2.51. The summed E-state index contributed by atoms with van der Waals surface area (Å²) in [7, 11) is 0. The fourth-order valence-electron chi connectivity index (χ4n) is 4.58. The van der Waals surface area contributed by atoms with E-state index < -0.39 is 6.04 Å². The van der Waals surface area contributed by atoms with Crippen LogP contribution < -0.4 is 10.3 Å².